The summed E-state index contributed by atoms with van der Waals surface area (Å²) in [6, 6.07) is 5.44. The Morgan fingerprint density at radius 1 is 1.29 bits per heavy atom. The number of hydrogen-bond donors (Lipinski definition) is 1. The number of terminal acetylenes is 1. The maximum Gasteiger partial charge on any atom is 0.128 e. The molecule has 0 saturated carbocycles. The van der Waals surface area contributed by atoms with Gasteiger partial charge >= 0.3 is 0 Å². The lowest BCUT2D eigenvalue weighted by Crippen LogP contribution is -2.03. The zero-order chi connectivity index (χ0) is 12.7. The van der Waals surface area contributed by atoms with Crippen molar-refractivity contribution in [2.24, 2.45) is 0 Å². The summed E-state index contributed by atoms with van der Waals surface area (Å²) in [5.41, 5.74) is 0.689. The Labute approximate surface area is 102 Å². The molecule has 1 atom stereocenters. The van der Waals surface area contributed by atoms with Gasteiger partial charge in [-0.15, -0.1) is 12.3 Å². The summed E-state index contributed by atoms with van der Waals surface area (Å²) in [5.74, 6) is 3.83. The normalized spacial score (nSPS) is 11.6. The second-order valence-corrected chi connectivity index (χ2v) is 3.69. The van der Waals surface area contributed by atoms with Gasteiger partial charge in [0.25, 0.3) is 0 Å². The van der Waals surface area contributed by atoms with E-state index in [-0.39, 0.29) is 0 Å². The molecule has 0 amide bonds. The average molecular weight is 234 g/mol. The minimum Gasteiger partial charge on any atom is -0.496 e. The lowest BCUT2D eigenvalue weighted by atomic mass is 10.0. The second kappa shape index (κ2) is 6.82. The first-order valence-corrected chi connectivity index (χ1v) is 5.57. The van der Waals surface area contributed by atoms with Crippen LogP contribution in [0.25, 0.3) is 0 Å². The highest BCUT2D eigenvalue weighted by molar-refractivity contribution is 5.46. The molecule has 1 unspecified atom stereocenters. The minimum atomic E-state index is -0.616. The summed E-state index contributed by atoms with van der Waals surface area (Å²) in [4.78, 5) is 0. The third-order valence-corrected chi connectivity index (χ3v) is 2.60. The molecule has 1 N–H and O–H groups in total. The summed E-state index contributed by atoms with van der Waals surface area (Å²) in [7, 11) is 3.15. The van der Waals surface area contributed by atoms with Crippen molar-refractivity contribution in [2.75, 3.05) is 14.2 Å². The Morgan fingerprint density at radius 2 is 1.88 bits per heavy atom. The standard InChI is InChI=1S/C14H18O3/c1-4-5-6-8-11(15)14-12(16-2)9-7-10-13(14)17-3/h1,7,9-11,15H,5-6,8H2,2-3H3. The molecule has 0 aromatic heterocycles. The number of rotatable bonds is 6. The monoisotopic (exact) mass is 234 g/mol. The van der Waals surface area contributed by atoms with Gasteiger partial charge < -0.3 is 14.6 Å². The smallest absolute Gasteiger partial charge is 0.128 e. The van der Waals surface area contributed by atoms with Crippen LogP contribution in [-0.4, -0.2) is 19.3 Å². The predicted octanol–water partition coefficient (Wildman–Crippen LogP) is 2.54. The number of unbranched alkanes of at least 4 members (excludes halogenated alkanes) is 1. The molecule has 0 aliphatic carbocycles. The van der Waals surface area contributed by atoms with Crippen LogP contribution in [0.3, 0.4) is 0 Å². The summed E-state index contributed by atoms with van der Waals surface area (Å²) >= 11 is 0. The summed E-state index contributed by atoms with van der Waals surface area (Å²) in [5, 5.41) is 10.1. The van der Waals surface area contributed by atoms with E-state index in [0.29, 0.717) is 29.9 Å². The zero-order valence-electron chi connectivity index (χ0n) is 10.3. The third kappa shape index (κ3) is 3.40. The van der Waals surface area contributed by atoms with E-state index in [1.54, 1.807) is 14.2 Å². The number of benzene rings is 1. The maximum atomic E-state index is 10.1. The first-order valence-electron chi connectivity index (χ1n) is 5.57. The second-order valence-electron chi connectivity index (χ2n) is 3.69. The molecular formula is C14H18O3. The van der Waals surface area contributed by atoms with E-state index < -0.39 is 6.10 Å². The van der Waals surface area contributed by atoms with Gasteiger partial charge in [0.15, 0.2) is 0 Å². The molecule has 0 radical (unpaired) electrons. The fraction of sp³-hybridized carbons (Fsp3) is 0.429. The topological polar surface area (TPSA) is 38.7 Å². The number of methoxy groups -OCH3 is 2. The van der Waals surface area contributed by atoms with Gasteiger partial charge in [0.1, 0.15) is 11.5 Å². The number of aliphatic hydroxyl groups excluding tert-OH is 1. The van der Waals surface area contributed by atoms with Crippen LogP contribution in [0.5, 0.6) is 11.5 Å². The van der Waals surface area contributed by atoms with E-state index in [4.69, 9.17) is 15.9 Å². The van der Waals surface area contributed by atoms with Crippen molar-refractivity contribution in [1.82, 2.24) is 0 Å². The molecule has 17 heavy (non-hydrogen) atoms. The SMILES string of the molecule is C#CCCCC(O)c1c(OC)cccc1OC. The van der Waals surface area contributed by atoms with E-state index in [1.165, 1.54) is 0 Å². The number of aliphatic hydroxyl groups is 1. The molecule has 1 aromatic carbocycles. The quantitative estimate of drug-likeness (QED) is 0.607. The summed E-state index contributed by atoms with van der Waals surface area (Å²) < 4.78 is 10.5. The highest BCUT2D eigenvalue weighted by Crippen LogP contribution is 2.35. The predicted molar refractivity (Wildman–Crippen MR) is 67.2 cm³/mol. The maximum absolute atomic E-state index is 10.1. The molecule has 3 nitrogen and oxygen atoms in total. The zero-order valence-corrected chi connectivity index (χ0v) is 10.3. The molecule has 0 bridgehead atoms. The van der Waals surface area contributed by atoms with Gasteiger partial charge in [-0.1, -0.05) is 6.07 Å². The van der Waals surface area contributed by atoms with E-state index in [2.05, 4.69) is 5.92 Å². The van der Waals surface area contributed by atoms with Gasteiger partial charge in [-0.2, -0.15) is 0 Å². The molecule has 0 aliphatic heterocycles. The highest BCUT2D eigenvalue weighted by atomic mass is 16.5. The summed E-state index contributed by atoms with van der Waals surface area (Å²) in [6.45, 7) is 0. The molecule has 0 aliphatic rings. The Hall–Kier alpha value is -1.66. The third-order valence-electron chi connectivity index (χ3n) is 2.60. The van der Waals surface area contributed by atoms with Crippen LogP contribution >= 0.6 is 0 Å². The fourth-order valence-corrected chi connectivity index (χ4v) is 1.75. The van der Waals surface area contributed by atoms with Crippen molar-refractivity contribution in [2.45, 2.75) is 25.4 Å². The number of hydrogen-bond acceptors (Lipinski definition) is 3. The van der Waals surface area contributed by atoms with Crippen molar-refractivity contribution in [3.63, 3.8) is 0 Å². The van der Waals surface area contributed by atoms with Crippen LogP contribution in [0.15, 0.2) is 18.2 Å². The van der Waals surface area contributed by atoms with Gasteiger partial charge in [0, 0.05) is 6.42 Å². The van der Waals surface area contributed by atoms with Crippen LogP contribution in [0, 0.1) is 12.3 Å². The van der Waals surface area contributed by atoms with Gasteiger partial charge in [0.2, 0.25) is 0 Å². The van der Waals surface area contributed by atoms with Crippen LogP contribution < -0.4 is 9.47 Å². The average Bonchev–Trinajstić information content (AvgIpc) is 2.37. The van der Waals surface area contributed by atoms with Crippen molar-refractivity contribution in [1.29, 1.82) is 0 Å². The first kappa shape index (κ1) is 13.4. The van der Waals surface area contributed by atoms with Crippen LogP contribution in [0.2, 0.25) is 0 Å². The van der Waals surface area contributed by atoms with E-state index in [0.717, 1.165) is 6.42 Å². The summed E-state index contributed by atoms with van der Waals surface area (Å²) in [6.07, 6.45) is 6.60. The molecule has 0 saturated heterocycles. The van der Waals surface area contributed by atoms with Crippen LogP contribution in [0.4, 0.5) is 0 Å². The molecule has 0 fully saturated rings. The number of ether oxygens (including phenoxy) is 2. The van der Waals surface area contributed by atoms with E-state index in [9.17, 15) is 5.11 Å². The van der Waals surface area contributed by atoms with Crippen molar-refractivity contribution in [3.05, 3.63) is 23.8 Å². The molecule has 0 heterocycles. The Balaban J connectivity index is 2.89. The van der Waals surface area contributed by atoms with E-state index in [1.807, 2.05) is 18.2 Å². The first-order chi connectivity index (χ1) is 8.24. The molecule has 3 heteroatoms. The lowest BCUT2D eigenvalue weighted by Gasteiger charge is -2.17. The van der Waals surface area contributed by atoms with E-state index >= 15 is 0 Å². The van der Waals surface area contributed by atoms with Gasteiger partial charge in [-0.05, 0) is 25.0 Å². The Kier molecular flexibility index (Phi) is 5.38. The Bertz CT molecular complexity index is 371. The highest BCUT2D eigenvalue weighted by Gasteiger charge is 2.17. The molecule has 1 aromatic rings. The van der Waals surface area contributed by atoms with Crippen molar-refractivity contribution in [3.8, 4) is 23.8 Å². The van der Waals surface area contributed by atoms with Crippen molar-refractivity contribution < 1.29 is 14.6 Å². The lowest BCUT2D eigenvalue weighted by molar-refractivity contribution is 0.157. The van der Waals surface area contributed by atoms with Crippen LogP contribution in [-0.2, 0) is 0 Å². The van der Waals surface area contributed by atoms with Gasteiger partial charge in [0.05, 0.1) is 25.9 Å². The minimum absolute atomic E-state index is 0.598. The largest absolute Gasteiger partial charge is 0.496 e. The fourth-order valence-electron chi connectivity index (χ4n) is 1.75. The molecule has 92 valence electrons. The molecule has 1 rings (SSSR count). The van der Waals surface area contributed by atoms with Gasteiger partial charge in [-0.3, -0.25) is 0 Å². The van der Waals surface area contributed by atoms with Crippen LogP contribution in [0.1, 0.15) is 30.9 Å². The Morgan fingerprint density at radius 3 is 2.35 bits per heavy atom. The molecular weight excluding hydrogens is 216 g/mol. The van der Waals surface area contributed by atoms with Crippen molar-refractivity contribution >= 4 is 0 Å². The van der Waals surface area contributed by atoms with Gasteiger partial charge in [-0.25, -0.2) is 0 Å². The molecule has 0 spiro atoms.